The molecular formula is C12H16Cl2N4. The van der Waals surface area contributed by atoms with Gasteiger partial charge in [0.15, 0.2) is 5.65 Å². The zero-order valence-corrected chi connectivity index (χ0v) is 12.2. The van der Waals surface area contributed by atoms with E-state index in [9.17, 15) is 0 Å². The van der Waals surface area contributed by atoms with Crippen molar-refractivity contribution in [3.63, 3.8) is 0 Å². The van der Waals surface area contributed by atoms with E-state index >= 15 is 0 Å². The van der Waals surface area contributed by atoms with Crippen LogP contribution in [0.4, 0.5) is 0 Å². The topological polar surface area (TPSA) is 34.0 Å². The minimum absolute atomic E-state index is 0.257. The van der Waals surface area contributed by atoms with Crippen molar-refractivity contribution in [2.75, 3.05) is 20.6 Å². The molecule has 0 spiro atoms. The van der Waals surface area contributed by atoms with Gasteiger partial charge in [-0.3, -0.25) is 0 Å². The summed E-state index contributed by atoms with van der Waals surface area (Å²) in [5, 5.41) is 0.591. The zero-order chi connectivity index (χ0) is 13.3. The Morgan fingerprint density at radius 1 is 1.44 bits per heavy atom. The maximum absolute atomic E-state index is 5.97. The van der Waals surface area contributed by atoms with E-state index in [0.29, 0.717) is 10.9 Å². The highest BCUT2D eigenvalue weighted by molar-refractivity contribution is 6.31. The number of imidazole rings is 1. The van der Waals surface area contributed by atoms with E-state index in [4.69, 9.17) is 23.2 Å². The number of alkyl halides is 1. The fourth-order valence-corrected chi connectivity index (χ4v) is 2.51. The Balaban J connectivity index is 2.53. The number of likely N-dealkylation sites (N-methyl/N-ethyl adjacent to an activating group) is 1. The Labute approximate surface area is 117 Å². The minimum Gasteiger partial charge on any atom is -0.308 e. The van der Waals surface area contributed by atoms with Crippen LogP contribution in [0.2, 0.25) is 5.02 Å². The summed E-state index contributed by atoms with van der Waals surface area (Å²) in [6.07, 6.45) is 1.64. The predicted molar refractivity (Wildman–Crippen MR) is 75.4 cm³/mol. The number of nitrogens with zero attached hydrogens (tertiary/aromatic N) is 4. The van der Waals surface area contributed by atoms with Crippen LogP contribution in [-0.4, -0.2) is 40.1 Å². The van der Waals surface area contributed by atoms with Crippen LogP contribution in [-0.2, 0) is 5.88 Å². The summed E-state index contributed by atoms with van der Waals surface area (Å²) in [4.78, 5) is 11.0. The molecule has 2 aromatic rings. The highest BCUT2D eigenvalue weighted by Crippen LogP contribution is 2.23. The number of fused-ring (bicyclic) bond motifs is 1. The lowest BCUT2D eigenvalue weighted by molar-refractivity contribution is 0.337. The summed E-state index contributed by atoms with van der Waals surface area (Å²) in [7, 11) is 4.08. The lowest BCUT2D eigenvalue weighted by Gasteiger charge is -2.20. The standard InChI is InChI=1S/C12H16Cl2N4/c1-8(7-17(2)3)18-11(5-13)16-10-4-9(14)6-15-12(10)18/h4,6,8H,5,7H2,1-3H3. The van der Waals surface area contributed by atoms with E-state index in [1.54, 1.807) is 6.20 Å². The summed E-state index contributed by atoms with van der Waals surface area (Å²) in [5.74, 6) is 1.20. The molecule has 0 radical (unpaired) electrons. The van der Waals surface area contributed by atoms with Gasteiger partial charge in [0, 0.05) is 18.8 Å². The average molecular weight is 287 g/mol. The molecule has 0 aliphatic carbocycles. The van der Waals surface area contributed by atoms with Crippen LogP contribution in [0.15, 0.2) is 12.3 Å². The molecule has 0 bridgehead atoms. The van der Waals surface area contributed by atoms with Crippen molar-refractivity contribution in [3.05, 3.63) is 23.1 Å². The quantitative estimate of drug-likeness (QED) is 0.811. The van der Waals surface area contributed by atoms with Crippen LogP contribution >= 0.6 is 23.2 Å². The first-order valence-electron chi connectivity index (χ1n) is 5.76. The van der Waals surface area contributed by atoms with Crippen LogP contribution < -0.4 is 0 Å². The largest absolute Gasteiger partial charge is 0.308 e. The molecule has 2 heterocycles. The van der Waals surface area contributed by atoms with Crippen molar-refractivity contribution in [1.29, 1.82) is 0 Å². The molecule has 18 heavy (non-hydrogen) atoms. The fraction of sp³-hybridized carbons (Fsp3) is 0.500. The molecule has 6 heteroatoms. The molecule has 98 valence electrons. The van der Waals surface area contributed by atoms with Crippen molar-refractivity contribution in [2.45, 2.75) is 18.8 Å². The van der Waals surface area contributed by atoms with Gasteiger partial charge in [-0.25, -0.2) is 9.97 Å². The van der Waals surface area contributed by atoms with E-state index in [2.05, 4.69) is 26.4 Å². The minimum atomic E-state index is 0.257. The lowest BCUT2D eigenvalue weighted by Crippen LogP contribution is -2.23. The normalized spacial score (nSPS) is 13.4. The molecule has 1 atom stereocenters. The number of rotatable bonds is 4. The van der Waals surface area contributed by atoms with E-state index in [-0.39, 0.29) is 6.04 Å². The van der Waals surface area contributed by atoms with Crippen LogP contribution in [0.25, 0.3) is 11.2 Å². The van der Waals surface area contributed by atoms with Gasteiger partial charge in [0.1, 0.15) is 11.3 Å². The molecule has 0 amide bonds. The van der Waals surface area contributed by atoms with Crippen molar-refractivity contribution >= 4 is 34.4 Å². The SMILES string of the molecule is CC(CN(C)C)n1c(CCl)nc2cc(Cl)cnc21. The lowest BCUT2D eigenvalue weighted by atomic mass is 10.3. The third kappa shape index (κ3) is 2.60. The summed E-state index contributed by atoms with van der Waals surface area (Å²) < 4.78 is 2.08. The van der Waals surface area contributed by atoms with Crippen LogP contribution in [0.3, 0.4) is 0 Å². The zero-order valence-electron chi connectivity index (χ0n) is 10.7. The Kier molecular flexibility index (Phi) is 4.10. The Bertz CT molecular complexity index is 550. The summed E-state index contributed by atoms with van der Waals surface area (Å²) in [5.41, 5.74) is 1.63. The second kappa shape index (κ2) is 5.43. The Hall–Kier alpha value is -0.840. The highest BCUT2D eigenvalue weighted by atomic mass is 35.5. The number of halogens is 2. The van der Waals surface area contributed by atoms with Gasteiger partial charge < -0.3 is 9.47 Å². The van der Waals surface area contributed by atoms with E-state index in [1.165, 1.54) is 0 Å². The second-order valence-corrected chi connectivity index (χ2v) is 5.34. The molecule has 0 fully saturated rings. The fourth-order valence-electron chi connectivity index (χ4n) is 2.17. The van der Waals surface area contributed by atoms with Gasteiger partial charge in [0.2, 0.25) is 0 Å². The maximum atomic E-state index is 5.97. The van der Waals surface area contributed by atoms with Gasteiger partial charge in [0.05, 0.1) is 10.9 Å². The van der Waals surface area contributed by atoms with Crippen molar-refractivity contribution in [1.82, 2.24) is 19.4 Å². The molecular weight excluding hydrogens is 271 g/mol. The third-order valence-corrected chi connectivity index (χ3v) is 3.21. The second-order valence-electron chi connectivity index (χ2n) is 4.64. The molecule has 0 saturated carbocycles. The average Bonchev–Trinajstić information content (AvgIpc) is 2.65. The van der Waals surface area contributed by atoms with Gasteiger partial charge in [-0.15, -0.1) is 11.6 Å². The van der Waals surface area contributed by atoms with Gasteiger partial charge in [-0.1, -0.05) is 11.6 Å². The molecule has 0 aliphatic heterocycles. The number of pyridine rings is 1. The van der Waals surface area contributed by atoms with Gasteiger partial charge >= 0.3 is 0 Å². The van der Waals surface area contributed by atoms with Gasteiger partial charge in [-0.05, 0) is 27.1 Å². The first kappa shape index (κ1) is 13.6. The third-order valence-electron chi connectivity index (χ3n) is 2.76. The van der Waals surface area contributed by atoms with Crippen molar-refractivity contribution in [3.8, 4) is 0 Å². The van der Waals surface area contributed by atoms with Crippen LogP contribution in [0.1, 0.15) is 18.8 Å². The van der Waals surface area contributed by atoms with Crippen LogP contribution in [0, 0.1) is 0 Å². The molecule has 4 nitrogen and oxygen atoms in total. The van der Waals surface area contributed by atoms with Crippen LogP contribution in [0.5, 0.6) is 0 Å². The Morgan fingerprint density at radius 3 is 2.78 bits per heavy atom. The van der Waals surface area contributed by atoms with E-state index in [1.807, 2.05) is 20.2 Å². The van der Waals surface area contributed by atoms with E-state index < -0.39 is 0 Å². The first-order chi connectivity index (χ1) is 8.52. The Morgan fingerprint density at radius 2 is 2.17 bits per heavy atom. The molecule has 0 aliphatic rings. The molecule has 2 aromatic heterocycles. The molecule has 1 unspecified atom stereocenters. The maximum Gasteiger partial charge on any atom is 0.160 e. The van der Waals surface area contributed by atoms with Crippen molar-refractivity contribution < 1.29 is 0 Å². The van der Waals surface area contributed by atoms with E-state index in [0.717, 1.165) is 23.5 Å². The number of hydrogen-bond donors (Lipinski definition) is 0. The molecule has 0 saturated heterocycles. The summed E-state index contributed by atoms with van der Waals surface area (Å²) >= 11 is 11.9. The van der Waals surface area contributed by atoms with Crippen molar-refractivity contribution in [2.24, 2.45) is 0 Å². The molecule has 2 rings (SSSR count). The number of aromatic nitrogens is 3. The van der Waals surface area contributed by atoms with Gasteiger partial charge in [-0.2, -0.15) is 0 Å². The number of hydrogen-bond acceptors (Lipinski definition) is 3. The molecule has 0 aromatic carbocycles. The highest BCUT2D eigenvalue weighted by Gasteiger charge is 2.17. The predicted octanol–water partition coefficient (Wildman–Crippen LogP) is 2.95. The summed E-state index contributed by atoms with van der Waals surface area (Å²) in [6, 6.07) is 2.08. The monoisotopic (exact) mass is 286 g/mol. The molecule has 0 N–H and O–H groups in total. The first-order valence-corrected chi connectivity index (χ1v) is 6.67. The van der Waals surface area contributed by atoms with Gasteiger partial charge in [0.25, 0.3) is 0 Å². The summed E-state index contributed by atoms with van der Waals surface area (Å²) in [6.45, 7) is 3.03. The smallest absolute Gasteiger partial charge is 0.160 e.